The molecule has 0 amide bonds. The van der Waals surface area contributed by atoms with Crippen LogP contribution in [0.3, 0.4) is 0 Å². The van der Waals surface area contributed by atoms with Crippen LogP contribution in [0.15, 0.2) is 24.5 Å². The van der Waals surface area contributed by atoms with Gasteiger partial charge in [-0.1, -0.05) is 18.9 Å². The molecule has 0 spiro atoms. The number of ether oxygens (including phenoxy) is 1. The fourth-order valence-corrected chi connectivity index (χ4v) is 1.83. The maximum atomic E-state index is 11.3. The Hall–Kier alpha value is -1.71. The van der Waals surface area contributed by atoms with Crippen molar-refractivity contribution in [2.75, 3.05) is 6.61 Å². The third-order valence-corrected chi connectivity index (χ3v) is 2.85. The number of esters is 1. The quantitative estimate of drug-likeness (QED) is 0.390. The van der Waals surface area contributed by atoms with Crippen LogP contribution in [0.5, 0.6) is 0 Å². The Morgan fingerprint density at radius 3 is 2.68 bits per heavy atom. The number of aromatic nitrogens is 1. The highest BCUT2D eigenvalue weighted by atomic mass is 16.5. The summed E-state index contributed by atoms with van der Waals surface area (Å²) in [6.07, 6.45) is 8.82. The summed E-state index contributed by atoms with van der Waals surface area (Å²) in [7, 11) is 0. The second-order valence-electron chi connectivity index (χ2n) is 4.42. The Kier molecular flexibility index (Phi) is 7.47. The molecule has 0 unspecified atom stereocenters. The molecule has 0 aliphatic rings. The van der Waals surface area contributed by atoms with Gasteiger partial charge >= 0.3 is 5.97 Å². The number of carbonyl (C=O) groups excluding carboxylic acids is 2. The summed E-state index contributed by atoms with van der Waals surface area (Å²) in [6.45, 7) is 1.96. The van der Waals surface area contributed by atoms with Crippen molar-refractivity contribution in [3.63, 3.8) is 0 Å². The monoisotopic (exact) mass is 263 g/mol. The zero-order valence-corrected chi connectivity index (χ0v) is 11.4. The molecule has 0 saturated heterocycles. The Morgan fingerprint density at radius 2 is 2.00 bits per heavy atom. The predicted molar refractivity (Wildman–Crippen MR) is 72.7 cm³/mol. The van der Waals surface area contributed by atoms with Crippen molar-refractivity contribution < 1.29 is 14.3 Å². The first-order valence-electron chi connectivity index (χ1n) is 6.83. The normalized spacial score (nSPS) is 10.2. The summed E-state index contributed by atoms with van der Waals surface area (Å²) in [6, 6.07) is 4.00. The van der Waals surface area contributed by atoms with Crippen LogP contribution < -0.4 is 0 Å². The number of unbranched alkanes of at least 4 members (excludes halogenated alkanes) is 3. The maximum absolute atomic E-state index is 11.3. The lowest BCUT2D eigenvalue weighted by Gasteiger charge is -2.02. The van der Waals surface area contributed by atoms with Gasteiger partial charge in [-0.05, 0) is 37.8 Å². The Labute approximate surface area is 114 Å². The van der Waals surface area contributed by atoms with E-state index in [1.807, 2.05) is 12.3 Å². The van der Waals surface area contributed by atoms with Crippen molar-refractivity contribution in [2.24, 2.45) is 0 Å². The van der Waals surface area contributed by atoms with E-state index < -0.39 is 11.8 Å². The van der Waals surface area contributed by atoms with Crippen LogP contribution in [0.4, 0.5) is 0 Å². The molecular weight excluding hydrogens is 242 g/mol. The SMILES string of the molecule is CCOC(=O)C(=O)CCCCCCc1cccnc1. The number of ketones is 1. The van der Waals surface area contributed by atoms with Crippen molar-refractivity contribution in [3.8, 4) is 0 Å². The Morgan fingerprint density at radius 1 is 1.21 bits per heavy atom. The van der Waals surface area contributed by atoms with Gasteiger partial charge in [-0.25, -0.2) is 4.79 Å². The van der Waals surface area contributed by atoms with Gasteiger partial charge in [-0.15, -0.1) is 0 Å². The topological polar surface area (TPSA) is 56.3 Å². The molecule has 1 heterocycles. The van der Waals surface area contributed by atoms with E-state index in [2.05, 4.69) is 15.8 Å². The molecular formula is C15H21NO3. The van der Waals surface area contributed by atoms with E-state index in [4.69, 9.17) is 0 Å². The highest BCUT2D eigenvalue weighted by molar-refractivity contribution is 6.33. The van der Waals surface area contributed by atoms with E-state index in [1.165, 1.54) is 5.56 Å². The van der Waals surface area contributed by atoms with E-state index in [-0.39, 0.29) is 6.61 Å². The molecule has 1 aromatic rings. The predicted octanol–water partition coefficient (Wildman–Crippen LogP) is 2.71. The molecule has 0 aromatic carbocycles. The van der Waals surface area contributed by atoms with E-state index in [1.54, 1.807) is 13.1 Å². The number of aryl methyl sites for hydroxylation is 1. The van der Waals surface area contributed by atoms with Gasteiger partial charge in [0.05, 0.1) is 6.61 Å². The zero-order chi connectivity index (χ0) is 13.9. The second kappa shape index (κ2) is 9.25. The molecule has 0 aliphatic heterocycles. The smallest absolute Gasteiger partial charge is 0.374 e. The van der Waals surface area contributed by atoms with Crippen LogP contribution in [0, 0.1) is 0 Å². The molecule has 0 aliphatic carbocycles. The van der Waals surface area contributed by atoms with Gasteiger partial charge in [0.15, 0.2) is 0 Å². The van der Waals surface area contributed by atoms with Gasteiger partial charge in [0.25, 0.3) is 0 Å². The van der Waals surface area contributed by atoms with E-state index >= 15 is 0 Å². The molecule has 0 fully saturated rings. The molecule has 104 valence electrons. The van der Waals surface area contributed by atoms with Crippen LogP contribution in [0.1, 0.15) is 44.6 Å². The first kappa shape index (κ1) is 15.3. The number of hydrogen-bond donors (Lipinski definition) is 0. The summed E-state index contributed by atoms with van der Waals surface area (Å²) >= 11 is 0. The first-order chi connectivity index (χ1) is 9.24. The molecule has 0 radical (unpaired) electrons. The lowest BCUT2D eigenvalue weighted by Crippen LogP contribution is -2.16. The van der Waals surface area contributed by atoms with Crippen LogP contribution in [-0.2, 0) is 20.7 Å². The van der Waals surface area contributed by atoms with Crippen LogP contribution in [-0.4, -0.2) is 23.3 Å². The summed E-state index contributed by atoms with van der Waals surface area (Å²) in [5.41, 5.74) is 1.24. The number of rotatable bonds is 9. The fraction of sp³-hybridized carbons (Fsp3) is 0.533. The molecule has 1 rings (SSSR count). The van der Waals surface area contributed by atoms with Gasteiger partial charge < -0.3 is 4.74 Å². The number of Topliss-reactive ketones (excluding diaryl/α,β-unsaturated/α-hetero) is 1. The van der Waals surface area contributed by atoms with E-state index in [0.29, 0.717) is 6.42 Å². The molecule has 0 N–H and O–H groups in total. The minimum atomic E-state index is -0.696. The zero-order valence-electron chi connectivity index (χ0n) is 11.4. The van der Waals surface area contributed by atoms with Crippen LogP contribution >= 0.6 is 0 Å². The lowest BCUT2D eigenvalue weighted by molar-refractivity contribution is -0.153. The van der Waals surface area contributed by atoms with Crippen molar-refractivity contribution in [2.45, 2.75) is 45.4 Å². The number of hydrogen-bond acceptors (Lipinski definition) is 4. The van der Waals surface area contributed by atoms with Crippen LogP contribution in [0.2, 0.25) is 0 Å². The average molecular weight is 263 g/mol. The third-order valence-electron chi connectivity index (χ3n) is 2.85. The number of carbonyl (C=O) groups is 2. The highest BCUT2D eigenvalue weighted by Gasteiger charge is 2.13. The largest absolute Gasteiger partial charge is 0.460 e. The minimum Gasteiger partial charge on any atom is -0.460 e. The van der Waals surface area contributed by atoms with Crippen molar-refractivity contribution >= 4 is 11.8 Å². The minimum absolute atomic E-state index is 0.260. The number of pyridine rings is 1. The average Bonchev–Trinajstić information content (AvgIpc) is 2.43. The van der Waals surface area contributed by atoms with Gasteiger partial charge in [0, 0.05) is 18.8 Å². The molecule has 1 aromatic heterocycles. The van der Waals surface area contributed by atoms with Crippen molar-refractivity contribution in [3.05, 3.63) is 30.1 Å². The molecule has 0 bridgehead atoms. The molecule has 0 saturated carbocycles. The van der Waals surface area contributed by atoms with Gasteiger partial charge in [0.1, 0.15) is 0 Å². The molecule has 0 atom stereocenters. The number of nitrogens with zero attached hydrogens (tertiary/aromatic N) is 1. The first-order valence-corrected chi connectivity index (χ1v) is 6.83. The van der Waals surface area contributed by atoms with E-state index in [0.717, 1.165) is 32.1 Å². The van der Waals surface area contributed by atoms with Gasteiger partial charge in [-0.2, -0.15) is 0 Å². The Bertz CT molecular complexity index is 390. The molecule has 4 heteroatoms. The fourth-order valence-electron chi connectivity index (χ4n) is 1.83. The second-order valence-corrected chi connectivity index (χ2v) is 4.42. The highest BCUT2D eigenvalue weighted by Crippen LogP contribution is 2.08. The Balaban J connectivity index is 2.02. The summed E-state index contributed by atoms with van der Waals surface area (Å²) < 4.78 is 4.64. The van der Waals surface area contributed by atoms with Crippen molar-refractivity contribution in [1.82, 2.24) is 4.98 Å². The van der Waals surface area contributed by atoms with Crippen LogP contribution in [0.25, 0.3) is 0 Å². The molecule has 19 heavy (non-hydrogen) atoms. The summed E-state index contributed by atoms with van der Waals surface area (Å²) in [5, 5.41) is 0. The summed E-state index contributed by atoms with van der Waals surface area (Å²) in [4.78, 5) is 26.4. The lowest BCUT2D eigenvalue weighted by atomic mass is 10.1. The standard InChI is InChI=1S/C15H21NO3/c1-2-19-15(18)14(17)10-6-4-3-5-8-13-9-7-11-16-12-13/h7,9,11-12H,2-6,8,10H2,1H3. The van der Waals surface area contributed by atoms with Crippen molar-refractivity contribution in [1.29, 1.82) is 0 Å². The van der Waals surface area contributed by atoms with Gasteiger partial charge in [0.2, 0.25) is 5.78 Å². The van der Waals surface area contributed by atoms with E-state index in [9.17, 15) is 9.59 Å². The molecule has 4 nitrogen and oxygen atoms in total. The third kappa shape index (κ3) is 6.70. The maximum Gasteiger partial charge on any atom is 0.374 e. The van der Waals surface area contributed by atoms with Gasteiger partial charge in [-0.3, -0.25) is 9.78 Å². The summed E-state index contributed by atoms with van der Waals surface area (Å²) in [5.74, 6) is -1.10.